The second kappa shape index (κ2) is 9.80. The Morgan fingerprint density at radius 3 is 2.40 bits per heavy atom. The zero-order valence-corrected chi connectivity index (χ0v) is 23.5. The summed E-state index contributed by atoms with van der Waals surface area (Å²) in [4.78, 5) is 18.2. The first-order valence-corrected chi connectivity index (χ1v) is 13.6. The van der Waals surface area contributed by atoms with E-state index in [4.69, 9.17) is 4.99 Å². The number of rotatable bonds is 4. The van der Waals surface area contributed by atoms with Crippen LogP contribution in [-0.2, 0) is 11.3 Å². The van der Waals surface area contributed by atoms with Gasteiger partial charge in [-0.25, -0.2) is 4.99 Å². The first kappa shape index (κ1) is 24.1. The summed E-state index contributed by atoms with van der Waals surface area (Å²) >= 11 is 8.49. The van der Waals surface area contributed by atoms with E-state index in [0.29, 0.717) is 10.1 Å². The third-order valence-corrected chi connectivity index (χ3v) is 8.80. The van der Waals surface area contributed by atoms with Crippen LogP contribution in [0.25, 0.3) is 17.0 Å². The highest BCUT2D eigenvalue weighted by Gasteiger charge is 2.25. The SMILES string of the molecule is Cc1cc(N=C2NC(=O)/C(=C/c3c(C)n(Cc4ccc(Br)cc4)c4ccccc34)S2)cc(C)c1Br. The van der Waals surface area contributed by atoms with Crippen LogP contribution in [0, 0.1) is 20.8 Å². The number of halogens is 2. The average Bonchev–Trinajstić information content (AvgIpc) is 3.30. The maximum atomic E-state index is 12.8. The van der Waals surface area contributed by atoms with Crippen molar-refractivity contribution in [3.8, 4) is 0 Å². The minimum Gasteiger partial charge on any atom is -0.340 e. The first-order chi connectivity index (χ1) is 16.8. The van der Waals surface area contributed by atoms with Crippen LogP contribution >= 0.6 is 43.6 Å². The van der Waals surface area contributed by atoms with E-state index in [1.807, 2.05) is 38.1 Å². The second-order valence-electron chi connectivity index (χ2n) is 8.60. The predicted molar refractivity (Wildman–Crippen MR) is 154 cm³/mol. The summed E-state index contributed by atoms with van der Waals surface area (Å²) in [7, 11) is 0. The van der Waals surface area contributed by atoms with Crippen LogP contribution < -0.4 is 5.32 Å². The molecule has 1 amide bonds. The molecule has 4 nitrogen and oxygen atoms in total. The molecular weight excluding hydrogens is 586 g/mol. The summed E-state index contributed by atoms with van der Waals surface area (Å²) in [5.41, 5.74) is 7.62. The lowest BCUT2D eigenvalue weighted by molar-refractivity contribution is -0.115. The minimum absolute atomic E-state index is 0.122. The molecule has 1 aromatic heterocycles. The number of hydrogen-bond donors (Lipinski definition) is 1. The number of aromatic nitrogens is 1. The molecule has 1 aliphatic rings. The lowest BCUT2D eigenvalue weighted by atomic mass is 10.1. The second-order valence-corrected chi connectivity index (χ2v) is 11.3. The standard InChI is InChI=1S/C28H23Br2N3OS/c1-16-12-21(13-17(2)26(16)30)31-28-32-27(34)25(35-28)14-23-18(3)33(24-7-5-4-6-22(23)24)15-19-8-10-20(29)11-9-19/h4-14H,15H2,1-3H3,(H,31,32,34)/b25-14-. The lowest BCUT2D eigenvalue weighted by Gasteiger charge is -2.09. The molecular formula is C28H23Br2N3OS. The quantitative estimate of drug-likeness (QED) is 0.238. The van der Waals surface area contributed by atoms with Gasteiger partial charge >= 0.3 is 0 Å². The van der Waals surface area contributed by atoms with E-state index in [0.717, 1.165) is 54.5 Å². The Morgan fingerprint density at radius 1 is 1.00 bits per heavy atom. The fraction of sp³-hybridized carbons (Fsp3) is 0.143. The first-order valence-electron chi connectivity index (χ1n) is 11.2. The highest BCUT2D eigenvalue weighted by Crippen LogP contribution is 2.34. The number of carbonyl (C=O) groups is 1. The molecule has 7 heteroatoms. The van der Waals surface area contributed by atoms with E-state index >= 15 is 0 Å². The molecule has 1 fully saturated rings. The van der Waals surface area contributed by atoms with Crippen LogP contribution in [0.4, 0.5) is 5.69 Å². The van der Waals surface area contributed by atoms with Crippen molar-refractivity contribution in [2.45, 2.75) is 27.3 Å². The van der Waals surface area contributed by atoms with Gasteiger partial charge in [-0.15, -0.1) is 0 Å². The Labute approximate surface area is 225 Å². The molecule has 1 N–H and O–H groups in total. The van der Waals surface area contributed by atoms with Crippen LogP contribution in [0.2, 0.25) is 0 Å². The van der Waals surface area contributed by atoms with Crippen LogP contribution in [-0.4, -0.2) is 15.6 Å². The molecule has 4 aromatic rings. The molecule has 5 rings (SSSR count). The summed E-state index contributed by atoms with van der Waals surface area (Å²) in [5.74, 6) is -0.122. The van der Waals surface area contributed by atoms with E-state index in [9.17, 15) is 4.79 Å². The molecule has 1 saturated heterocycles. The van der Waals surface area contributed by atoms with Gasteiger partial charge in [0.25, 0.3) is 5.91 Å². The number of nitrogens with zero attached hydrogens (tertiary/aromatic N) is 2. The summed E-state index contributed by atoms with van der Waals surface area (Å²) in [6.45, 7) is 6.96. The number of nitrogens with one attached hydrogen (secondary N) is 1. The van der Waals surface area contributed by atoms with Gasteiger partial charge in [0, 0.05) is 37.7 Å². The fourth-order valence-electron chi connectivity index (χ4n) is 4.33. The number of aliphatic imine (C=N–C) groups is 1. The van der Waals surface area contributed by atoms with E-state index in [1.54, 1.807) is 0 Å². The molecule has 0 bridgehead atoms. The Balaban J connectivity index is 1.51. The summed E-state index contributed by atoms with van der Waals surface area (Å²) in [6.07, 6.45) is 2.00. The van der Waals surface area contributed by atoms with Gasteiger partial charge in [-0.1, -0.05) is 62.2 Å². The Morgan fingerprint density at radius 2 is 1.69 bits per heavy atom. The van der Waals surface area contributed by atoms with Gasteiger partial charge < -0.3 is 9.88 Å². The molecule has 0 aliphatic carbocycles. The topological polar surface area (TPSA) is 46.4 Å². The zero-order valence-electron chi connectivity index (χ0n) is 19.5. The predicted octanol–water partition coefficient (Wildman–Crippen LogP) is 8.03. The number of fused-ring (bicyclic) bond motifs is 1. The molecule has 3 aromatic carbocycles. The van der Waals surface area contributed by atoms with Gasteiger partial charge in [-0.2, -0.15) is 0 Å². The van der Waals surface area contributed by atoms with Crippen molar-refractivity contribution in [3.05, 3.63) is 102 Å². The summed E-state index contributed by atoms with van der Waals surface area (Å²) in [5, 5.41) is 4.66. The van der Waals surface area contributed by atoms with Gasteiger partial charge in [0.2, 0.25) is 0 Å². The van der Waals surface area contributed by atoms with Gasteiger partial charge in [0.1, 0.15) is 0 Å². The van der Waals surface area contributed by atoms with Crippen molar-refractivity contribution in [1.29, 1.82) is 0 Å². The highest BCUT2D eigenvalue weighted by molar-refractivity contribution is 9.10. The molecule has 0 unspecified atom stereocenters. The molecule has 0 spiro atoms. The summed E-state index contributed by atoms with van der Waals surface area (Å²) in [6, 6.07) is 20.8. The van der Waals surface area contributed by atoms with Gasteiger partial charge in [0.05, 0.1) is 10.6 Å². The fourth-order valence-corrected chi connectivity index (χ4v) is 5.65. The molecule has 0 saturated carbocycles. The third kappa shape index (κ3) is 4.90. The lowest BCUT2D eigenvalue weighted by Crippen LogP contribution is -2.19. The monoisotopic (exact) mass is 607 g/mol. The smallest absolute Gasteiger partial charge is 0.264 e. The van der Waals surface area contributed by atoms with Crippen LogP contribution in [0.15, 0.2) is 79.5 Å². The molecule has 176 valence electrons. The Kier molecular flexibility index (Phi) is 6.75. The largest absolute Gasteiger partial charge is 0.340 e. The van der Waals surface area contributed by atoms with Crippen molar-refractivity contribution in [3.63, 3.8) is 0 Å². The minimum atomic E-state index is -0.122. The molecule has 1 aliphatic heterocycles. The van der Waals surface area contributed by atoms with Crippen molar-refractivity contribution in [2.75, 3.05) is 0 Å². The van der Waals surface area contributed by atoms with Crippen molar-refractivity contribution < 1.29 is 4.79 Å². The number of carbonyl (C=O) groups excluding carboxylic acids is 1. The number of amides is 1. The van der Waals surface area contributed by atoms with Gasteiger partial charge in [0.15, 0.2) is 5.17 Å². The maximum absolute atomic E-state index is 12.8. The number of benzene rings is 3. The Bertz CT molecular complexity index is 1510. The normalized spacial score (nSPS) is 16.0. The van der Waals surface area contributed by atoms with E-state index in [-0.39, 0.29) is 5.91 Å². The van der Waals surface area contributed by atoms with Crippen molar-refractivity contribution >= 4 is 77.4 Å². The molecule has 2 heterocycles. The van der Waals surface area contributed by atoms with Gasteiger partial charge in [-0.05, 0) is 85.6 Å². The Hall–Kier alpha value is -2.61. The molecule has 0 radical (unpaired) electrons. The van der Waals surface area contributed by atoms with E-state index in [2.05, 4.69) is 91.1 Å². The van der Waals surface area contributed by atoms with Crippen LogP contribution in [0.5, 0.6) is 0 Å². The number of hydrogen-bond acceptors (Lipinski definition) is 3. The van der Waals surface area contributed by atoms with Gasteiger partial charge in [-0.3, -0.25) is 4.79 Å². The third-order valence-electron chi connectivity index (χ3n) is 6.11. The van der Waals surface area contributed by atoms with Crippen molar-refractivity contribution in [1.82, 2.24) is 9.88 Å². The zero-order chi connectivity index (χ0) is 24.7. The maximum Gasteiger partial charge on any atom is 0.264 e. The summed E-state index contributed by atoms with van der Waals surface area (Å²) < 4.78 is 4.46. The number of thioether (sulfide) groups is 1. The van der Waals surface area contributed by atoms with E-state index in [1.165, 1.54) is 17.3 Å². The van der Waals surface area contributed by atoms with Crippen LogP contribution in [0.3, 0.4) is 0 Å². The highest BCUT2D eigenvalue weighted by atomic mass is 79.9. The van der Waals surface area contributed by atoms with E-state index < -0.39 is 0 Å². The molecule has 0 atom stereocenters. The molecule has 35 heavy (non-hydrogen) atoms. The van der Waals surface area contributed by atoms with Crippen LogP contribution in [0.1, 0.15) is 27.9 Å². The average molecular weight is 609 g/mol. The number of para-hydroxylation sites is 1. The number of amidine groups is 1. The van der Waals surface area contributed by atoms with Crippen molar-refractivity contribution in [2.24, 2.45) is 4.99 Å². The number of aryl methyl sites for hydroxylation is 2.